The Hall–Kier alpha value is -1.91. The molecule has 0 bridgehead atoms. The predicted molar refractivity (Wildman–Crippen MR) is 84.1 cm³/mol. The highest BCUT2D eigenvalue weighted by atomic mass is 35.5. The van der Waals surface area contributed by atoms with Crippen molar-refractivity contribution in [3.63, 3.8) is 0 Å². The van der Waals surface area contributed by atoms with Crippen LogP contribution in [0.25, 0.3) is 0 Å². The Morgan fingerprint density at radius 2 is 1.77 bits per heavy atom. The van der Waals surface area contributed by atoms with E-state index in [1.54, 1.807) is 31.2 Å². The van der Waals surface area contributed by atoms with Gasteiger partial charge in [0.05, 0.1) is 13.0 Å². The van der Waals surface area contributed by atoms with Crippen molar-refractivity contribution in [2.75, 3.05) is 6.54 Å². The molecule has 0 aliphatic carbocycles. The number of carbonyl (C=O) groups is 1. The molecule has 1 atom stereocenters. The minimum Gasteiger partial charge on any atom is -0.384 e. The van der Waals surface area contributed by atoms with Gasteiger partial charge in [-0.3, -0.25) is 4.79 Å². The molecule has 5 heteroatoms. The van der Waals surface area contributed by atoms with E-state index in [-0.39, 0.29) is 24.7 Å². The first-order valence-corrected chi connectivity index (χ1v) is 7.24. The lowest BCUT2D eigenvalue weighted by Gasteiger charge is -2.24. The lowest BCUT2D eigenvalue weighted by atomic mass is 9.96. The molecule has 0 saturated heterocycles. The van der Waals surface area contributed by atoms with Crippen LogP contribution in [-0.2, 0) is 16.8 Å². The summed E-state index contributed by atoms with van der Waals surface area (Å²) in [5.41, 5.74) is 0.118. The van der Waals surface area contributed by atoms with Gasteiger partial charge in [-0.15, -0.1) is 0 Å². The third-order valence-corrected chi connectivity index (χ3v) is 3.63. The maximum Gasteiger partial charge on any atom is 0.224 e. The molecular formula is C17H17ClFNO2. The maximum absolute atomic E-state index is 12.9. The largest absolute Gasteiger partial charge is 0.384 e. The fourth-order valence-corrected chi connectivity index (χ4v) is 2.16. The van der Waals surface area contributed by atoms with Crippen molar-refractivity contribution in [2.24, 2.45) is 0 Å². The van der Waals surface area contributed by atoms with Gasteiger partial charge in [0.15, 0.2) is 0 Å². The van der Waals surface area contributed by atoms with Crippen LogP contribution in [0.4, 0.5) is 4.39 Å². The first-order valence-electron chi connectivity index (χ1n) is 6.86. The van der Waals surface area contributed by atoms with Crippen LogP contribution in [-0.4, -0.2) is 17.6 Å². The second-order valence-electron chi connectivity index (χ2n) is 5.36. The summed E-state index contributed by atoms with van der Waals surface area (Å²) < 4.78 is 12.9. The molecule has 116 valence electrons. The van der Waals surface area contributed by atoms with Crippen molar-refractivity contribution in [3.8, 4) is 0 Å². The van der Waals surface area contributed by atoms with Gasteiger partial charge in [0, 0.05) is 5.02 Å². The van der Waals surface area contributed by atoms with E-state index in [1.807, 2.05) is 0 Å². The number of benzene rings is 2. The second-order valence-corrected chi connectivity index (χ2v) is 5.80. The minimum absolute atomic E-state index is 0.0467. The zero-order chi connectivity index (χ0) is 16.2. The van der Waals surface area contributed by atoms with Crippen molar-refractivity contribution in [2.45, 2.75) is 18.9 Å². The number of aliphatic hydroxyl groups is 1. The summed E-state index contributed by atoms with van der Waals surface area (Å²) in [6.45, 7) is 1.62. The van der Waals surface area contributed by atoms with Crippen molar-refractivity contribution < 1.29 is 14.3 Å². The molecule has 0 saturated carbocycles. The molecule has 3 nitrogen and oxygen atoms in total. The Labute approximate surface area is 133 Å². The van der Waals surface area contributed by atoms with E-state index < -0.39 is 5.60 Å². The van der Waals surface area contributed by atoms with Crippen LogP contribution in [0.5, 0.6) is 0 Å². The molecular weight excluding hydrogens is 305 g/mol. The number of nitrogens with one attached hydrogen (secondary N) is 1. The molecule has 2 rings (SSSR count). The van der Waals surface area contributed by atoms with E-state index in [4.69, 9.17) is 11.6 Å². The van der Waals surface area contributed by atoms with Gasteiger partial charge in [-0.2, -0.15) is 0 Å². The third kappa shape index (κ3) is 4.55. The molecule has 0 radical (unpaired) electrons. The third-order valence-electron chi connectivity index (χ3n) is 3.37. The zero-order valence-corrected chi connectivity index (χ0v) is 12.9. The smallest absolute Gasteiger partial charge is 0.224 e. The number of rotatable bonds is 5. The van der Waals surface area contributed by atoms with Crippen LogP contribution in [0, 0.1) is 5.82 Å². The van der Waals surface area contributed by atoms with E-state index in [2.05, 4.69) is 5.32 Å². The Balaban J connectivity index is 1.92. The molecule has 1 unspecified atom stereocenters. The highest BCUT2D eigenvalue weighted by molar-refractivity contribution is 6.30. The van der Waals surface area contributed by atoms with Gasteiger partial charge in [0.2, 0.25) is 5.91 Å². The molecule has 1 amide bonds. The Morgan fingerprint density at radius 3 is 2.36 bits per heavy atom. The number of hydrogen-bond acceptors (Lipinski definition) is 2. The van der Waals surface area contributed by atoms with E-state index in [1.165, 1.54) is 24.3 Å². The van der Waals surface area contributed by atoms with Crippen molar-refractivity contribution in [1.29, 1.82) is 0 Å². The number of amides is 1. The summed E-state index contributed by atoms with van der Waals surface area (Å²) in [5, 5.41) is 13.7. The maximum atomic E-state index is 12.9. The van der Waals surface area contributed by atoms with Gasteiger partial charge in [-0.1, -0.05) is 35.9 Å². The average molecular weight is 322 g/mol. The number of hydrogen-bond donors (Lipinski definition) is 2. The van der Waals surface area contributed by atoms with Crippen LogP contribution in [0.1, 0.15) is 18.1 Å². The second kappa shape index (κ2) is 6.90. The molecule has 0 aliphatic rings. The molecule has 2 aromatic rings. The number of carbonyl (C=O) groups excluding carboxylic acids is 1. The monoisotopic (exact) mass is 321 g/mol. The Kier molecular flexibility index (Phi) is 5.16. The summed E-state index contributed by atoms with van der Waals surface area (Å²) >= 11 is 5.79. The fourth-order valence-electron chi connectivity index (χ4n) is 2.03. The number of halogens is 2. The lowest BCUT2D eigenvalue weighted by molar-refractivity contribution is -0.121. The lowest BCUT2D eigenvalue weighted by Crippen LogP contribution is -2.39. The van der Waals surface area contributed by atoms with Crippen molar-refractivity contribution >= 4 is 17.5 Å². The van der Waals surface area contributed by atoms with Gasteiger partial charge in [0.1, 0.15) is 11.4 Å². The molecule has 22 heavy (non-hydrogen) atoms. The standard InChI is InChI=1S/C17H17ClFNO2/c1-17(22,13-4-8-15(19)9-5-13)11-20-16(21)10-12-2-6-14(18)7-3-12/h2-9,22H,10-11H2,1H3,(H,20,21). The predicted octanol–water partition coefficient (Wildman–Crippen LogP) is 3.05. The van der Waals surface area contributed by atoms with Crippen LogP contribution < -0.4 is 5.32 Å². The van der Waals surface area contributed by atoms with Crippen molar-refractivity contribution in [1.82, 2.24) is 5.32 Å². The van der Waals surface area contributed by atoms with Gasteiger partial charge in [-0.25, -0.2) is 4.39 Å². The summed E-state index contributed by atoms with van der Waals surface area (Å²) in [5.74, 6) is -0.573. The summed E-state index contributed by atoms with van der Waals surface area (Å²) in [7, 11) is 0. The molecule has 2 N–H and O–H groups in total. The van der Waals surface area contributed by atoms with Crippen LogP contribution in [0.15, 0.2) is 48.5 Å². The van der Waals surface area contributed by atoms with Gasteiger partial charge >= 0.3 is 0 Å². The van der Waals surface area contributed by atoms with Crippen LogP contribution >= 0.6 is 11.6 Å². The average Bonchev–Trinajstić information content (AvgIpc) is 2.48. The van der Waals surface area contributed by atoms with Crippen LogP contribution in [0.3, 0.4) is 0 Å². The van der Waals surface area contributed by atoms with Crippen LogP contribution in [0.2, 0.25) is 5.02 Å². The minimum atomic E-state index is -1.26. The van der Waals surface area contributed by atoms with E-state index in [0.29, 0.717) is 10.6 Å². The van der Waals surface area contributed by atoms with E-state index in [9.17, 15) is 14.3 Å². The summed E-state index contributed by atoms with van der Waals surface area (Å²) in [4.78, 5) is 11.9. The molecule has 0 fully saturated rings. The molecule has 0 aliphatic heterocycles. The summed E-state index contributed by atoms with van der Waals surface area (Å²) in [6.07, 6.45) is 0.205. The van der Waals surface area contributed by atoms with E-state index >= 15 is 0 Å². The van der Waals surface area contributed by atoms with Gasteiger partial charge in [0.25, 0.3) is 0 Å². The highest BCUT2D eigenvalue weighted by Gasteiger charge is 2.23. The van der Waals surface area contributed by atoms with E-state index in [0.717, 1.165) is 5.56 Å². The molecule has 0 spiro atoms. The molecule has 0 aromatic heterocycles. The van der Waals surface area contributed by atoms with Gasteiger partial charge < -0.3 is 10.4 Å². The quantitative estimate of drug-likeness (QED) is 0.889. The zero-order valence-electron chi connectivity index (χ0n) is 12.1. The normalized spacial score (nSPS) is 13.5. The van der Waals surface area contributed by atoms with Crippen molar-refractivity contribution in [3.05, 3.63) is 70.5 Å². The molecule has 2 aromatic carbocycles. The Bertz CT molecular complexity index is 639. The fraction of sp³-hybridized carbons (Fsp3) is 0.235. The topological polar surface area (TPSA) is 49.3 Å². The Morgan fingerprint density at radius 1 is 1.18 bits per heavy atom. The summed E-state index contributed by atoms with van der Waals surface area (Å²) in [6, 6.07) is 12.6. The molecule has 0 heterocycles. The highest BCUT2D eigenvalue weighted by Crippen LogP contribution is 2.20. The first kappa shape index (κ1) is 16.5. The first-order chi connectivity index (χ1) is 10.4. The van der Waals surface area contributed by atoms with Gasteiger partial charge in [-0.05, 0) is 42.3 Å². The SMILES string of the molecule is CC(O)(CNC(=O)Cc1ccc(Cl)cc1)c1ccc(F)cc1.